The lowest BCUT2D eigenvalue weighted by atomic mass is 9.57. The molecule has 2 aliphatic rings. The fraction of sp³-hybridized carbons (Fsp3) is 0.750. The van der Waals surface area contributed by atoms with Crippen molar-refractivity contribution in [1.29, 1.82) is 0 Å². The molecule has 96 valence electrons. The van der Waals surface area contributed by atoms with Crippen LogP contribution in [-0.2, 0) is 0 Å². The smallest absolute Gasteiger partial charge is 0.0261 e. The third-order valence-corrected chi connectivity index (χ3v) is 4.69. The van der Waals surface area contributed by atoms with Crippen molar-refractivity contribution in [3.05, 3.63) is 24.9 Å². The largest absolute Gasteiger partial charge is 0.385 e. The Kier molecular flexibility index (Phi) is 3.65. The predicted octanol–water partition coefficient (Wildman–Crippen LogP) is 4.13. The molecule has 0 saturated heterocycles. The van der Waals surface area contributed by atoms with Crippen LogP contribution in [0.1, 0.15) is 46.0 Å². The Hall–Kier alpha value is -0.720. The molecular weight excluding hydrogens is 206 g/mol. The monoisotopic (exact) mass is 233 g/mol. The van der Waals surface area contributed by atoms with Crippen molar-refractivity contribution in [2.75, 3.05) is 6.54 Å². The number of allylic oxidation sites excluding steroid dienone is 1. The predicted molar refractivity (Wildman–Crippen MR) is 74.7 cm³/mol. The number of nitrogens with one attached hydrogen (secondary N) is 1. The molecule has 0 amide bonds. The van der Waals surface area contributed by atoms with Crippen LogP contribution in [-0.4, -0.2) is 6.54 Å². The average molecular weight is 233 g/mol. The van der Waals surface area contributed by atoms with Crippen molar-refractivity contribution in [3.8, 4) is 0 Å². The topological polar surface area (TPSA) is 12.0 Å². The first-order valence-electron chi connectivity index (χ1n) is 7.08. The molecule has 0 heterocycles. The first kappa shape index (κ1) is 12.7. The summed E-state index contributed by atoms with van der Waals surface area (Å²) in [6, 6.07) is 0. The van der Waals surface area contributed by atoms with Gasteiger partial charge in [0.25, 0.3) is 0 Å². The van der Waals surface area contributed by atoms with E-state index in [4.69, 9.17) is 0 Å². The average Bonchev–Trinajstić information content (AvgIpc) is 2.23. The van der Waals surface area contributed by atoms with Crippen LogP contribution in [0.2, 0.25) is 0 Å². The minimum atomic E-state index is 0.534. The molecule has 2 atom stereocenters. The molecule has 0 aromatic rings. The van der Waals surface area contributed by atoms with E-state index in [1.165, 1.54) is 32.1 Å². The second-order valence-electron chi connectivity index (χ2n) is 6.74. The van der Waals surface area contributed by atoms with Gasteiger partial charge in [0.15, 0.2) is 0 Å². The molecular formula is C16H27N. The van der Waals surface area contributed by atoms with Gasteiger partial charge in [0.1, 0.15) is 0 Å². The molecule has 0 aliphatic heterocycles. The quantitative estimate of drug-likeness (QED) is 0.720. The van der Waals surface area contributed by atoms with E-state index in [-0.39, 0.29) is 0 Å². The van der Waals surface area contributed by atoms with E-state index < -0.39 is 0 Å². The summed E-state index contributed by atoms with van der Waals surface area (Å²) in [4.78, 5) is 0. The Balaban J connectivity index is 2.03. The summed E-state index contributed by atoms with van der Waals surface area (Å²) in [6.45, 7) is 13.7. The van der Waals surface area contributed by atoms with Gasteiger partial charge in [-0.2, -0.15) is 0 Å². The van der Waals surface area contributed by atoms with E-state index in [1.54, 1.807) is 0 Å². The highest BCUT2D eigenvalue weighted by atomic mass is 14.9. The summed E-state index contributed by atoms with van der Waals surface area (Å²) in [5, 5.41) is 3.48. The lowest BCUT2D eigenvalue weighted by molar-refractivity contribution is 0.0205. The van der Waals surface area contributed by atoms with E-state index in [0.29, 0.717) is 5.41 Å². The highest BCUT2D eigenvalue weighted by molar-refractivity contribution is 5.09. The van der Waals surface area contributed by atoms with Gasteiger partial charge in [-0.1, -0.05) is 27.0 Å². The first-order chi connectivity index (χ1) is 8.03. The lowest BCUT2D eigenvalue weighted by Crippen LogP contribution is -2.45. The Bertz CT molecular complexity index is 285. The van der Waals surface area contributed by atoms with Crippen LogP contribution in [0.4, 0.5) is 0 Å². The molecule has 2 saturated carbocycles. The normalized spacial score (nSPS) is 40.7. The minimum Gasteiger partial charge on any atom is -0.385 e. The fourth-order valence-corrected chi connectivity index (χ4v) is 4.50. The molecule has 0 aromatic carbocycles. The lowest BCUT2D eigenvalue weighted by Gasteiger charge is -2.50. The number of hydrogen-bond donors (Lipinski definition) is 1. The number of rotatable bonds is 4. The van der Waals surface area contributed by atoms with Crippen molar-refractivity contribution in [1.82, 2.24) is 5.32 Å². The van der Waals surface area contributed by atoms with Crippen molar-refractivity contribution in [2.24, 2.45) is 23.2 Å². The molecule has 2 bridgehead atoms. The molecule has 0 aromatic heterocycles. The molecule has 1 N–H and O–H groups in total. The summed E-state index contributed by atoms with van der Waals surface area (Å²) < 4.78 is 0. The zero-order valence-electron chi connectivity index (χ0n) is 11.5. The number of fused-ring (bicyclic) bond motifs is 2. The van der Waals surface area contributed by atoms with Crippen molar-refractivity contribution >= 4 is 0 Å². The van der Waals surface area contributed by atoms with E-state index in [9.17, 15) is 0 Å². The van der Waals surface area contributed by atoms with Gasteiger partial charge < -0.3 is 5.32 Å². The third-order valence-electron chi connectivity index (χ3n) is 4.69. The molecule has 2 fully saturated rings. The van der Waals surface area contributed by atoms with E-state index in [2.05, 4.69) is 32.3 Å². The van der Waals surface area contributed by atoms with E-state index in [1.807, 2.05) is 6.08 Å². The van der Waals surface area contributed by atoms with Gasteiger partial charge in [-0.3, -0.25) is 0 Å². The highest BCUT2D eigenvalue weighted by Gasteiger charge is 2.43. The third kappa shape index (κ3) is 2.94. The van der Waals surface area contributed by atoms with Gasteiger partial charge in [-0.25, -0.2) is 0 Å². The van der Waals surface area contributed by atoms with Crippen LogP contribution in [0.15, 0.2) is 24.9 Å². The molecule has 1 nitrogen and oxygen atoms in total. The minimum absolute atomic E-state index is 0.534. The van der Waals surface area contributed by atoms with Gasteiger partial charge in [0.2, 0.25) is 0 Å². The Morgan fingerprint density at radius 2 is 1.82 bits per heavy atom. The van der Waals surface area contributed by atoms with Crippen molar-refractivity contribution < 1.29 is 0 Å². The summed E-state index contributed by atoms with van der Waals surface area (Å²) in [6.07, 6.45) is 8.95. The summed E-state index contributed by atoms with van der Waals surface area (Å²) >= 11 is 0. The Morgan fingerprint density at radius 3 is 2.35 bits per heavy atom. The molecule has 2 rings (SSSR count). The molecule has 0 radical (unpaired) electrons. The standard InChI is InChI=1S/C16H27N/c1-5-14(4)17-11-16-8-12(2)6-15(10-16)7-13(3)9-16/h5,12-13,15,17H,1,4,6-11H2,2-3H3. The Labute approximate surface area is 106 Å². The maximum Gasteiger partial charge on any atom is 0.0261 e. The highest BCUT2D eigenvalue weighted by Crippen LogP contribution is 2.52. The van der Waals surface area contributed by atoms with Crippen LogP contribution in [0.3, 0.4) is 0 Å². The SMILES string of the molecule is C=CC(=C)NCC12CC(C)CC(CC(C)C1)C2. The zero-order valence-corrected chi connectivity index (χ0v) is 11.5. The summed E-state index contributed by atoms with van der Waals surface area (Å²) in [5.74, 6) is 2.78. The van der Waals surface area contributed by atoms with Crippen molar-refractivity contribution in [3.63, 3.8) is 0 Å². The maximum atomic E-state index is 3.97. The number of hydrogen-bond acceptors (Lipinski definition) is 1. The summed E-state index contributed by atoms with van der Waals surface area (Å²) in [5.41, 5.74) is 1.51. The maximum absolute atomic E-state index is 3.97. The van der Waals surface area contributed by atoms with Gasteiger partial charge in [-0.05, 0) is 61.3 Å². The summed E-state index contributed by atoms with van der Waals surface area (Å²) in [7, 11) is 0. The van der Waals surface area contributed by atoms with Gasteiger partial charge in [0.05, 0.1) is 0 Å². The van der Waals surface area contributed by atoms with Gasteiger partial charge >= 0.3 is 0 Å². The molecule has 2 aliphatic carbocycles. The van der Waals surface area contributed by atoms with Crippen LogP contribution in [0.25, 0.3) is 0 Å². The molecule has 1 heteroatoms. The van der Waals surface area contributed by atoms with E-state index >= 15 is 0 Å². The van der Waals surface area contributed by atoms with Gasteiger partial charge in [0, 0.05) is 12.2 Å². The zero-order chi connectivity index (χ0) is 12.5. The Morgan fingerprint density at radius 1 is 1.24 bits per heavy atom. The molecule has 2 unspecified atom stereocenters. The molecule has 0 spiro atoms. The van der Waals surface area contributed by atoms with Crippen molar-refractivity contribution in [2.45, 2.75) is 46.0 Å². The second kappa shape index (κ2) is 4.88. The fourth-order valence-electron chi connectivity index (χ4n) is 4.50. The van der Waals surface area contributed by atoms with Crippen LogP contribution in [0.5, 0.6) is 0 Å². The van der Waals surface area contributed by atoms with E-state index in [0.717, 1.165) is 30.0 Å². The van der Waals surface area contributed by atoms with Crippen LogP contribution < -0.4 is 5.32 Å². The van der Waals surface area contributed by atoms with Gasteiger partial charge in [-0.15, -0.1) is 0 Å². The molecule has 17 heavy (non-hydrogen) atoms. The van der Waals surface area contributed by atoms with Crippen LogP contribution >= 0.6 is 0 Å². The second-order valence-corrected chi connectivity index (χ2v) is 6.74. The van der Waals surface area contributed by atoms with Crippen LogP contribution in [0, 0.1) is 23.2 Å². The first-order valence-corrected chi connectivity index (χ1v) is 7.08.